The number of nitrogens with zero attached hydrogens (tertiary/aromatic N) is 2. The van der Waals surface area contributed by atoms with Crippen LogP contribution in [0.3, 0.4) is 0 Å². The Kier molecular flexibility index (Phi) is 7.09. The number of hydrogen-bond acceptors (Lipinski definition) is 7. The van der Waals surface area contributed by atoms with Gasteiger partial charge in [0, 0.05) is 17.1 Å². The molecule has 8 nitrogen and oxygen atoms in total. The molecule has 3 rings (SSSR count). The molecule has 0 aliphatic carbocycles. The standard InChI is InChI=1S/C22H21BrN2O6/c1-28-17-13-18(29-2)25-21(24-17)31-19(20(26)27)22(30-3,14-9-5-4-6-10-14)15-11-7-8-12-16(15)23/h4-13,19H,1-3H3,(H,26,27). The maximum Gasteiger partial charge on any atom is 0.348 e. The second-order valence-corrected chi connectivity index (χ2v) is 7.21. The van der Waals surface area contributed by atoms with Crippen LogP contribution in [0.15, 0.2) is 65.1 Å². The highest BCUT2D eigenvalue weighted by Gasteiger charge is 2.50. The Hall–Kier alpha value is -3.17. The number of carbonyl (C=O) groups is 1. The molecule has 31 heavy (non-hydrogen) atoms. The Morgan fingerprint density at radius 2 is 1.55 bits per heavy atom. The fraction of sp³-hybridized carbons (Fsp3) is 0.227. The van der Waals surface area contributed by atoms with Crippen molar-refractivity contribution in [3.63, 3.8) is 0 Å². The predicted molar refractivity (Wildman–Crippen MR) is 116 cm³/mol. The first-order valence-electron chi connectivity index (χ1n) is 9.18. The van der Waals surface area contributed by atoms with Crippen molar-refractivity contribution in [2.75, 3.05) is 21.3 Å². The Bertz CT molecular complexity index is 1030. The number of carboxylic acid groups (broad SMARTS) is 1. The fourth-order valence-corrected chi connectivity index (χ4v) is 3.87. The Morgan fingerprint density at radius 1 is 0.968 bits per heavy atom. The van der Waals surface area contributed by atoms with Gasteiger partial charge in [-0.1, -0.05) is 64.5 Å². The average Bonchev–Trinajstić information content (AvgIpc) is 2.80. The maximum atomic E-state index is 12.5. The molecule has 1 aromatic heterocycles. The van der Waals surface area contributed by atoms with Gasteiger partial charge in [0.25, 0.3) is 0 Å². The molecule has 0 saturated carbocycles. The molecule has 2 atom stereocenters. The summed E-state index contributed by atoms with van der Waals surface area (Å²) in [6.45, 7) is 0. The number of halogens is 1. The van der Waals surface area contributed by atoms with Gasteiger partial charge in [0.15, 0.2) is 5.60 Å². The van der Waals surface area contributed by atoms with Gasteiger partial charge in [-0.2, -0.15) is 9.97 Å². The van der Waals surface area contributed by atoms with E-state index in [4.69, 9.17) is 18.9 Å². The van der Waals surface area contributed by atoms with Crippen LogP contribution in [-0.4, -0.2) is 48.5 Å². The van der Waals surface area contributed by atoms with Gasteiger partial charge in [-0.25, -0.2) is 4.79 Å². The molecule has 0 bridgehead atoms. The van der Waals surface area contributed by atoms with Crippen molar-refractivity contribution in [2.24, 2.45) is 0 Å². The number of ether oxygens (including phenoxy) is 4. The van der Waals surface area contributed by atoms with Crippen LogP contribution in [-0.2, 0) is 15.1 Å². The zero-order valence-electron chi connectivity index (χ0n) is 17.1. The van der Waals surface area contributed by atoms with E-state index < -0.39 is 17.7 Å². The summed E-state index contributed by atoms with van der Waals surface area (Å²) in [5.74, 6) is -0.948. The molecule has 0 aliphatic rings. The summed E-state index contributed by atoms with van der Waals surface area (Å²) in [7, 11) is 4.27. The van der Waals surface area contributed by atoms with Gasteiger partial charge in [0.2, 0.25) is 17.9 Å². The molecule has 0 saturated heterocycles. The minimum atomic E-state index is -1.56. The van der Waals surface area contributed by atoms with E-state index in [2.05, 4.69) is 25.9 Å². The van der Waals surface area contributed by atoms with Gasteiger partial charge in [-0.3, -0.25) is 0 Å². The second-order valence-electron chi connectivity index (χ2n) is 6.36. The van der Waals surface area contributed by atoms with Crippen LogP contribution in [0.4, 0.5) is 0 Å². The highest BCUT2D eigenvalue weighted by molar-refractivity contribution is 9.10. The molecular weight excluding hydrogens is 468 g/mol. The number of aliphatic carboxylic acids is 1. The average molecular weight is 489 g/mol. The molecular formula is C22H21BrN2O6. The first-order chi connectivity index (χ1) is 15.0. The molecule has 9 heteroatoms. The van der Waals surface area contributed by atoms with Gasteiger partial charge >= 0.3 is 12.0 Å². The quantitative estimate of drug-likeness (QED) is 0.486. The SMILES string of the molecule is COc1cc(OC)nc(OC(C(=O)O)C(OC)(c2ccccc2)c2ccccc2Br)n1. The maximum absolute atomic E-state index is 12.5. The monoisotopic (exact) mass is 488 g/mol. The zero-order chi connectivity index (χ0) is 22.4. The number of methoxy groups -OCH3 is 3. The number of hydrogen-bond donors (Lipinski definition) is 1. The first-order valence-corrected chi connectivity index (χ1v) is 9.97. The van der Waals surface area contributed by atoms with Crippen LogP contribution >= 0.6 is 15.9 Å². The zero-order valence-corrected chi connectivity index (χ0v) is 18.7. The van der Waals surface area contributed by atoms with E-state index in [-0.39, 0.29) is 17.8 Å². The number of rotatable bonds is 9. The minimum absolute atomic E-state index is 0.162. The van der Waals surface area contributed by atoms with Crippen LogP contribution in [0.2, 0.25) is 0 Å². The topological polar surface area (TPSA) is 100 Å². The van der Waals surface area contributed by atoms with Crippen molar-refractivity contribution in [3.8, 4) is 17.8 Å². The van der Waals surface area contributed by atoms with Crippen molar-refractivity contribution in [3.05, 3.63) is 76.3 Å². The van der Waals surface area contributed by atoms with Crippen LogP contribution in [0.1, 0.15) is 11.1 Å². The van der Waals surface area contributed by atoms with Crippen LogP contribution in [0.25, 0.3) is 0 Å². The summed E-state index contributed by atoms with van der Waals surface area (Å²) in [5.41, 5.74) is -0.398. The molecule has 2 unspecified atom stereocenters. The summed E-state index contributed by atoms with van der Waals surface area (Å²) >= 11 is 3.52. The molecule has 3 aromatic rings. The van der Waals surface area contributed by atoms with Gasteiger partial charge in [0.1, 0.15) is 0 Å². The minimum Gasteiger partial charge on any atom is -0.481 e. The molecule has 0 aliphatic heterocycles. The van der Waals surface area contributed by atoms with Crippen LogP contribution in [0, 0.1) is 0 Å². The molecule has 0 fully saturated rings. The summed E-state index contributed by atoms with van der Waals surface area (Å²) in [6.07, 6.45) is -1.56. The normalized spacial score (nSPS) is 13.7. The van der Waals surface area contributed by atoms with Gasteiger partial charge < -0.3 is 24.1 Å². The highest BCUT2D eigenvalue weighted by Crippen LogP contribution is 2.42. The third-order valence-corrected chi connectivity index (χ3v) is 5.38. The third kappa shape index (κ3) is 4.47. The van der Waals surface area contributed by atoms with Crippen LogP contribution < -0.4 is 14.2 Å². The van der Waals surface area contributed by atoms with E-state index >= 15 is 0 Å². The molecule has 1 N–H and O–H groups in total. The summed E-state index contributed by atoms with van der Waals surface area (Å²) in [6, 6.07) is 17.4. The van der Waals surface area contributed by atoms with E-state index in [1.165, 1.54) is 27.4 Å². The van der Waals surface area contributed by atoms with Crippen molar-refractivity contribution in [2.45, 2.75) is 11.7 Å². The van der Waals surface area contributed by atoms with Gasteiger partial charge in [-0.15, -0.1) is 0 Å². The lowest BCUT2D eigenvalue weighted by molar-refractivity contribution is -0.160. The fourth-order valence-electron chi connectivity index (χ4n) is 3.29. The lowest BCUT2D eigenvalue weighted by atomic mass is 9.81. The summed E-state index contributed by atoms with van der Waals surface area (Å²) in [4.78, 5) is 20.8. The summed E-state index contributed by atoms with van der Waals surface area (Å²) in [5, 5.41) is 10.2. The molecule has 0 radical (unpaired) electrons. The van der Waals surface area contributed by atoms with Crippen molar-refractivity contribution < 1.29 is 28.8 Å². The van der Waals surface area contributed by atoms with Gasteiger partial charge in [-0.05, 0) is 11.6 Å². The molecule has 0 spiro atoms. The first kappa shape index (κ1) is 22.5. The van der Waals surface area contributed by atoms with E-state index in [1.807, 2.05) is 12.1 Å². The molecule has 2 aromatic carbocycles. The Balaban J connectivity index is 2.23. The smallest absolute Gasteiger partial charge is 0.348 e. The number of aromatic nitrogens is 2. The predicted octanol–water partition coefficient (Wildman–Crippen LogP) is 3.68. The lowest BCUT2D eigenvalue weighted by Gasteiger charge is -2.38. The largest absolute Gasteiger partial charge is 0.481 e. The molecule has 162 valence electrons. The second kappa shape index (κ2) is 9.76. The number of benzene rings is 2. The summed E-state index contributed by atoms with van der Waals surface area (Å²) < 4.78 is 22.7. The van der Waals surface area contributed by atoms with Crippen molar-refractivity contribution in [1.29, 1.82) is 0 Å². The van der Waals surface area contributed by atoms with Crippen molar-refractivity contribution >= 4 is 21.9 Å². The van der Waals surface area contributed by atoms with E-state index in [0.717, 1.165) is 0 Å². The lowest BCUT2D eigenvalue weighted by Crippen LogP contribution is -2.51. The van der Waals surface area contributed by atoms with Crippen LogP contribution in [0.5, 0.6) is 17.8 Å². The number of carboxylic acids is 1. The third-order valence-electron chi connectivity index (χ3n) is 4.69. The van der Waals surface area contributed by atoms with E-state index in [9.17, 15) is 9.90 Å². The molecule has 1 heterocycles. The Morgan fingerprint density at radius 3 is 2.06 bits per heavy atom. The van der Waals surface area contributed by atoms with E-state index in [1.54, 1.807) is 42.5 Å². The van der Waals surface area contributed by atoms with E-state index in [0.29, 0.717) is 15.6 Å². The van der Waals surface area contributed by atoms with Crippen molar-refractivity contribution in [1.82, 2.24) is 9.97 Å². The Labute approximate surface area is 187 Å². The van der Waals surface area contributed by atoms with Gasteiger partial charge in [0.05, 0.1) is 20.3 Å². The molecule has 0 amide bonds. The highest BCUT2D eigenvalue weighted by atomic mass is 79.9.